The zero-order chi connectivity index (χ0) is 28.6. The highest BCUT2D eigenvalue weighted by molar-refractivity contribution is 7.98. The highest BCUT2D eigenvalue weighted by Crippen LogP contribution is 2.27. The quantitative estimate of drug-likeness (QED) is 0.211. The Kier molecular flexibility index (Phi) is 15.9. The summed E-state index contributed by atoms with van der Waals surface area (Å²) in [5.74, 6) is 0.0426. The maximum atomic E-state index is 14.1. The summed E-state index contributed by atoms with van der Waals surface area (Å²) in [6.45, 7) is 10.4. The second-order valence-electron chi connectivity index (χ2n) is 10.6. The van der Waals surface area contributed by atoms with Crippen molar-refractivity contribution in [2.24, 2.45) is 0 Å². The average Bonchev–Trinajstić information content (AvgIpc) is 2.84. The van der Waals surface area contributed by atoms with Crippen LogP contribution in [0.25, 0.3) is 0 Å². The predicted molar refractivity (Wildman–Crippen MR) is 155 cm³/mol. The summed E-state index contributed by atoms with van der Waals surface area (Å²) in [4.78, 5) is 41.9. The van der Waals surface area contributed by atoms with Crippen molar-refractivity contribution in [3.05, 3.63) is 29.8 Å². The van der Waals surface area contributed by atoms with Crippen LogP contribution in [-0.4, -0.2) is 64.7 Å². The number of nitrogens with one attached hydrogen (secondary N) is 2. The lowest BCUT2D eigenvalue weighted by molar-refractivity contribution is -0.142. The molecule has 8 nitrogen and oxygen atoms in total. The standard InChI is InChI=1S/C29H49N3O5S/c1-7-9-11-13-19-32(27(35)24(17-20-38-6)31-28(36)37-29(3,4)5)25(22-15-14-16-23(33)21-22)26(34)30-18-12-10-8-2/h14-16,21,24-25,33H,7-13,17-20H2,1-6H3,(H,30,34)(H,31,36). The molecule has 0 bridgehead atoms. The molecular formula is C29H49N3O5S. The second kappa shape index (κ2) is 18.0. The van der Waals surface area contributed by atoms with Crippen molar-refractivity contribution < 1.29 is 24.2 Å². The first-order valence-corrected chi connectivity index (χ1v) is 15.3. The van der Waals surface area contributed by atoms with E-state index in [0.29, 0.717) is 30.8 Å². The number of rotatable bonds is 17. The average molecular weight is 552 g/mol. The van der Waals surface area contributed by atoms with Crippen molar-refractivity contribution in [3.63, 3.8) is 0 Å². The van der Waals surface area contributed by atoms with Crippen LogP contribution in [0.3, 0.4) is 0 Å². The SMILES string of the molecule is CCCCCCN(C(=O)C(CCSC)NC(=O)OC(C)(C)C)C(C(=O)NCCCCC)c1cccc(O)c1. The van der Waals surface area contributed by atoms with Crippen LogP contribution in [0.4, 0.5) is 4.79 Å². The van der Waals surface area contributed by atoms with E-state index in [1.54, 1.807) is 55.6 Å². The number of ether oxygens (including phenoxy) is 1. The van der Waals surface area contributed by atoms with Crippen LogP contribution < -0.4 is 10.6 Å². The molecule has 0 aliphatic heterocycles. The molecule has 2 atom stereocenters. The van der Waals surface area contributed by atoms with Gasteiger partial charge < -0.3 is 25.4 Å². The molecule has 0 aliphatic carbocycles. The summed E-state index contributed by atoms with van der Waals surface area (Å²) >= 11 is 1.58. The third-order valence-corrected chi connectivity index (χ3v) is 6.60. The molecule has 1 aromatic rings. The lowest BCUT2D eigenvalue weighted by Crippen LogP contribution is -2.53. The van der Waals surface area contributed by atoms with Gasteiger partial charge in [0, 0.05) is 13.1 Å². The Morgan fingerprint density at radius 2 is 1.74 bits per heavy atom. The van der Waals surface area contributed by atoms with Gasteiger partial charge in [-0.2, -0.15) is 11.8 Å². The Bertz CT molecular complexity index is 859. The van der Waals surface area contributed by atoms with E-state index in [-0.39, 0.29) is 17.6 Å². The first kappa shape index (κ1) is 33.6. The highest BCUT2D eigenvalue weighted by Gasteiger charge is 2.36. The second-order valence-corrected chi connectivity index (χ2v) is 11.6. The first-order valence-electron chi connectivity index (χ1n) is 13.9. The van der Waals surface area contributed by atoms with Crippen LogP contribution in [0.2, 0.25) is 0 Å². The number of unbranched alkanes of at least 4 members (excludes halogenated alkanes) is 5. The van der Waals surface area contributed by atoms with Crippen LogP contribution in [0.5, 0.6) is 5.75 Å². The zero-order valence-corrected chi connectivity index (χ0v) is 25.0. The molecule has 9 heteroatoms. The van der Waals surface area contributed by atoms with E-state index in [0.717, 1.165) is 44.9 Å². The number of alkyl carbamates (subject to hydrolysis) is 1. The number of carbonyl (C=O) groups is 3. The van der Waals surface area contributed by atoms with E-state index >= 15 is 0 Å². The lowest BCUT2D eigenvalue weighted by Gasteiger charge is -2.34. The number of hydrogen-bond donors (Lipinski definition) is 3. The van der Waals surface area contributed by atoms with Crippen LogP contribution in [0.15, 0.2) is 24.3 Å². The summed E-state index contributed by atoms with van der Waals surface area (Å²) < 4.78 is 5.44. The van der Waals surface area contributed by atoms with E-state index < -0.39 is 23.8 Å². The van der Waals surface area contributed by atoms with Crippen LogP contribution >= 0.6 is 11.8 Å². The van der Waals surface area contributed by atoms with Gasteiger partial charge in [0.2, 0.25) is 11.8 Å². The van der Waals surface area contributed by atoms with Gasteiger partial charge in [-0.25, -0.2) is 4.79 Å². The molecule has 216 valence electrons. The highest BCUT2D eigenvalue weighted by atomic mass is 32.2. The van der Waals surface area contributed by atoms with Crippen LogP contribution in [0, 0.1) is 0 Å². The Balaban J connectivity index is 3.39. The predicted octanol–water partition coefficient (Wildman–Crippen LogP) is 5.80. The van der Waals surface area contributed by atoms with Crippen molar-refractivity contribution >= 4 is 29.7 Å². The van der Waals surface area contributed by atoms with Gasteiger partial charge in [0.25, 0.3) is 0 Å². The van der Waals surface area contributed by atoms with E-state index in [4.69, 9.17) is 4.74 Å². The third-order valence-electron chi connectivity index (χ3n) is 5.96. The Hall–Kier alpha value is -2.42. The van der Waals surface area contributed by atoms with Gasteiger partial charge in [-0.15, -0.1) is 0 Å². The molecule has 0 radical (unpaired) electrons. The minimum atomic E-state index is -0.935. The fourth-order valence-electron chi connectivity index (χ4n) is 4.07. The normalized spacial score (nSPS) is 12.9. The van der Waals surface area contributed by atoms with Crippen molar-refractivity contribution in [3.8, 4) is 5.75 Å². The largest absolute Gasteiger partial charge is 0.508 e. The molecule has 1 aromatic carbocycles. The Morgan fingerprint density at radius 3 is 2.34 bits per heavy atom. The van der Waals surface area contributed by atoms with Crippen molar-refractivity contribution in [2.75, 3.05) is 25.1 Å². The molecule has 0 spiro atoms. The number of carbonyl (C=O) groups excluding carboxylic acids is 3. The molecule has 0 fully saturated rings. The zero-order valence-electron chi connectivity index (χ0n) is 24.2. The number of hydrogen-bond acceptors (Lipinski definition) is 6. The van der Waals surface area contributed by atoms with E-state index in [1.807, 2.05) is 6.26 Å². The smallest absolute Gasteiger partial charge is 0.408 e. The number of nitrogens with zero attached hydrogens (tertiary/aromatic N) is 1. The molecule has 3 amide bonds. The molecule has 3 N–H and O–H groups in total. The van der Waals surface area contributed by atoms with Crippen LogP contribution in [0.1, 0.15) is 97.6 Å². The molecule has 1 rings (SSSR count). The number of aromatic hydroxyl groups is 1. The number of phenols is 1. The fraction of sp³-hybridized carbons (Fsp3) is 0.690. The molecule has 0 saturated carbocycles. The number of amides is 3. The number of benzene rings is 1. The summed E-state index contributed by atoms with van der Waals surface area (Å²) in [5, 5.41) is 16.0. The third kappa shape index (κ3) is 12.9. The molecule has 0 aliphatic rings. The molecule has 0 heterocycles. The van der Waals surface area contributed by atoms with E-state index in [9.17, 15) is 19.5 Å². The molecular weight excluding hydrogens is 502 g/mol. The maximum absolute atomic E-state index is 14.1. The summed E-state index contributed by atoms with van der Waals surface area (Å²) in [5.41, 5.74) is -0.179. The van der Waals surface area contributed by atoms with E-state index in [2.05, 4.69) is 24.5 Å². The van der Waals surface area contributed by atoms with Crippen LogP contribution in [-0.2, 0) is 14.3 Å². The van der Waals surface area contributed by atoms with Gasteiger partial charge in [-0.3, -0.25) is 9.59 Å². The van der Waals surface area contributed by atoms with Crippen molar-refractivity contribution in [1.82, 2.24) is 15.5 Å². The Labute approximate surface area is 233 Å². The first-order chi connectivity index (χ1) is 18.0. The van der Waals surface area contributed by atoms with Gasteiger partial charge in [-0.05, 0) is 69.7 Å². The van der Waals surface area contributed by atoms with Gasteiger partial charge in [0.05, 0.1) is 0 Å². The summed E-state index contributed by atoms with van der Waals surface area (Å²) in [6.07, 6.45) is 8.24. The molecule has 38 heavy (non-hydrogen) atoms. The summed E-state index contributed by atoms with van der Waals surface area (Å²) in [7, 11) is 0. The van der Waals surface area contributed by atoms with E-state index in [1.165, 1.54) is 6.07 Å². The summed E-state index contributed by atoms with van der Waals surface area (Å²) in [6, 6.07) is 4.71. The van der Waals surface area contributed by atoms with Gasteiger partial charge in [-0.1, -0.05) is 58.1 Å². The Morgan fingerprint density at radius 1 is 1.05 bits per heavy atom. The minimum absolute atomic E-state index is 0.0236. The molecule has 2 unspecified atom stereocenters. The number of phenolic OH excluding ortho intramolecular Hbond substituents is 1. The van der Waals surface area contributed by atoms with Crippen molar-refractivity contribution in [1.29, 1.82) is 0 Å². The molecule has 0 saturated heterocycles. The van der Waals surface area contributed by atoms with Crippen molar-refractivity contribution in [2.45, 2.75) is 104 Å². The monoisotopic (exact) mass is 551 g/mol. The minimum Gasteiger partial charge on any atom is -0.508 e. The van der Waals surface area contributed by atoms with Gasteiger partial charge in [0.1, 0.15) is 23.4 Å². The lowest BCUT2D eigenvalue weighted by atomic mass is 10.0. The fourth-order valence-corrected chi connectivity index (χ4v) is 4.54. The number of thioether (sulfide) groups is 1. The molecule has 0 aromatic heterocycles. The van der Waals surface area contributed by atoms with Gasteiger partial charge in [0.15, 0.2) is 0 Å². The maximum Gasteiger partial charge on any atom is 0.408 e. The van der Waals surface area contributed by atoms with Gasteiger partial charge >= 0.3 is 6.09 Å². The topological polar surface area (TPSA) is 108 Å².